The van der Waals surface area contributed by atoms with Crippen LogP contribution in [-0.2, 0) is 0 Å². The van der Waals surface area contributed by atoms with Gasteiger partial charge in [0.25, 0.3) is 6.43 Å². The first-order valence-electron chi connectivity index (χ1n) is 4.08. The zero-order chi connectivity index (χ0) is 11.6. The molecule has 0 unspecified atom stereocenters. The lowest BCUT2D eigenvalue weighted by molar-refractivity contribution is 0.101. The molecule has 0 aliphatic rings. The monoisotopic (exact) mass is 214 g/mol. The number of hydrogen-bond donors (Lipinski definition) is 1. The number of carbonyl (C=O) groups is 2. The Labute approximate surface area is 84.3 Å². The SMILES string of the molecule is CC(=O)c1cc(C=O)c(O)c(C(F)F)c1. The van der Waals surface area contributed by atoms with Crippen molar-refractivity contribution < 1.29 is 23.5 Å². The van der Waals surface area contributed by atoms with Crippen LogP contribution in [-0.4, -0.2) is 17.2 Å². The third-order valence-electron chi connectivity index (χ3n) is 1.94. The second-order valence-electron chi connectivity index (χ2n) is 2.98. The van der Waals surface area contributed by atoms with Crippen LogP contribution in [0, 0.1) is 0 Å². The number of halogens is 2. The highest BCUT2D eigenvalue weighted by atomic mass is 19.3. The second-order valence-corrected chi connectivity index (χ2v) is 2.98. The van der Waals surface area contributed by atoms with Gasteiger partial charge in [0, 0.05) is 5.56 Å². The van der Waals surface area contributed by atoms with Crippen LogP contribution < -0.4 is 0 Å². The zero-order valence-electron chi connectivity index (χ0n) is 7.83. The molecule has 5 heteroatoms. The molecule has 0 aliphatic heterocycles. The molecular formula is C10H8F2O3. The molecular weight excluding hydrogens is 206 g/mol. The van der Waals surface area contributed by atoms with E-state index in [9.17, 15) is 23.5 Å². The highest BCUT2D eigenvalue weighted by molar-refractivity contribution is 5.96. The molecule has 0 fully saturated rings. The van der Waals surface area contributed by atoms with Crippen molar-refractivity contribution in [1.82, 2.24) is 0 Å². The summed E-state index contributed by atoms with van der Waals surface area (Å²) in [5.74, 6) is -1.22. The van der Waals surface area contributed by atoms with Crippen molar-refractivity contribution in [2.45, 2.75) is 13.3 Å². The molecule has 0 aromatic heterocycles. The zero-order valence-corrected chi connectivity index (χ0v) is 7.83. The molecule has 0 bridgehead atoms. The van der Waals surface area contributed by atoms with Crippen LogP contribution in [0.25, 0.3) is 0 Å². The molecule has 0 saturated heterocycles. The van der Waals surface area contributed by atoms with Crippen LogP contribution in [0.2, 0.25) is 0 Å². The molecule has 3 nitrogen and oxygen atoms in total. The number of benzene rings is 1. The Morgan fingerprint density at radius 1 is 1.47 bits per heavy atom. The lowest BCUT2D eigenvalue weighted by Gasteiger charge is -2.07. The van der Waals surface area contributed by atoms with E-state index in [2.05, 4.69) is 0 Å². The number of hydrogen-bond acceptors (Lipinski definition) is 3. The first-order valence-corrected chi connectivity index (χ1v) is 4.08. The quantitative estimate of drug-likeness (QED) is 0.620. The molecule has 0 radical (unpaired) electrons. The molecule has 0 heterocycles. The summed E-state index contributed by atoms with van der Waals surface area (Å²) in [4.78, 5) is 21.4. The largest absolute Gasteiger partial charge is 0.507 e. The van der Waals surface area contributed by atoms with Crippen LogP contribution in [0.15, 0.2) is 12.1 Å². The molecule has 0 amide bonds. The van der Waals surface area contributed by atoms with E-state index in [0.717, 1.165) is 12.1 Å². The Bertz CT molecular complexity index is 413. The molecule has 1 rings (SSSR count). The highest BCUT2D eigenvalue weighted by Crippen LogP contribution is 2.31. The Hall–Kier alpha value is -1.78. The van der Waals surface area contributed by atoms with Gasteiger partial charge in [0.15, 0.2) is 12.1 Å². The molecule has 1 aromatic rings. The Morgan fingerprint density at radius 2 is 2.07 bits per heavy atom. The topological polar surface area (TPSA) is 54.4 Å². The van der Waals surface area contributed by atoms with Crippen molar-refractivity contribution >= 4 is 12.1 Å². The van der Waals surface area contributed by atoms with E-state index in [0.29, 0.717) is 0 Å². The number of rotatable bonds is 3. The van der Waals surface area contributed by atoms with Gasteiger partial charge >= 0.3 is 0 Å². The van der Waals surface area contributed by atoms with Gasteiger partial charge < -0.3 is 5.11 Å². The summed E-state index contributed by atoms with van der Waals surface area (Å²) in [5, 5.41) is 9.24. The van der Waals surface area contributed by atoms with Crippen molar-refractivity contribution in [3.8, 4) is 5.75 Å². The van der Waals surface area contributed by atoms with Crippen LogP contribution in [0.5, 0.6) is 5.75 Å². The van der Waals surface area contributed by atoms with Crippen molar-refractivity contribution in [2.75, 3.05) is 0 Å². The summed E-state index contributed by atoms with van der Waals surface area (Å²) in [7, 11) is 0. The van der Waals surface area contributed by atoms with Gasteiger partial charge in [-0.3, -0.25) is 9.59 Å². The fourth-order valence-electron chi connectivity index (χ4n) is 1.14. The van der Waals surface area contributed by atoms with Crippen molar-refractivity contribution in [3.05, 3.63) is 28.8 Å². The Balaban J connectivity index is 3.45. The Morgan fingerprint density at radius 3 is 2.47 bits per heavy atom. The smallest absolute Gasteiger partial charge is 0.267 e. The van der Waals surface area contributed by atoms with Gasteiger partial charge in [-0.05, 0) is 19.1 Å². The van der Waals surface area contributed by atoms with Gasteiger partial charge in [0.1, 0.15) is 5.75 Å². The number of carbonyl (C=O) groups excluding carboxylic acids is 2. The van der Waals surface area contributed by atoms with Gasteiger partial charge in [0.05, 0.1) is 11.1 Å². The third-order valence-corrected chi connectivity index (χ3v) is 1.94. The van der Waals surface area contributed by atoms with Gasteiger partial charge in [0.2, 0.25) is 0 Å². The van der Waals surface area contributed by atoms with E-state index in [4.69, 9.17) is 0 Å². The number of Topliss-reactive ketones (excluding diaryl/α,β-unsaturated/α-hetero) is 1. The highest BCUT2D eigenvalue weighted by Gasteiger charge is 2.18. The van der Waals surface area contributed by atoms with E-state index in [1.54, 1.807) is 0 Å². The summed E-state index contributed by atoms with van der Waals surface area (Å²) in [6.45, 7) is 1.19. The van der Waals surface area contributed by atoms with E-state index in [1.165, 1.54) is 6.92 Å². The van der Waals surface area contributed by atoms with Gasteiger partial charge in [-0.2, -0.15) is 0 Å². The number of aldehydes is 1. The molecule has 0 aliphatic carbocycles. The van der Waals surface area contributed by atoms with E-state index in [-0.39, 0.29) is 17.4 Å². The van der Waals surface area contributed by atoms with Gasteiger partial charge in [-0.25, -0.2) is 8.78 Å². The summed E-state index contributed by atoms with van der Waals surface area (Å²) < 4.78 is 24.8. The average molecular weight is 214 g/mol. The minimum atomic E-state index is -2.93. The summed E-state index contributed by atoms with van der Waals surface area (Å²) in [6.07, 6.45) is -2.70. The van der Waals surface area contributed by atoms with Crippen molar-refractivity contribution in [2.24, 2.45) is 0 Å². The summed E-state index contributed by atoms with van der Waals surface area (Å²) in [6, 6.07) is 1.96. The minimum Gasteiger partial charge on any atom is -0.507 e. The third kappa shape index (κ3) is 2.18. The Kier molecular flexibility index (Phi) is 3.14. The molecule has 15 heavy (non-hydrogen) atoms. The number of phenolic OH excluding ortho intramolecular Hbond substituents is 1. The van der Waals surface area contributed by atoms with E-state index < -0.39 is 23.5 Å². The van der Waals surface area contributed by atoms with Crippen LogP contribution in [0.4, 0.5) is 8.78 Å². The number of phenols is 1. The van der Waals surface area contributed by atoms with Crippen LogP contribution in [0.1, 0.15) is 39.6 Å². The normalized spacial score (nSPS) is 10.4. The standard InChI is InChI=1S/C10H8F2O3/c1-5(14)6-2-7(4-13)9(15)8(3-6)10(11)12/h2-4,10,15H,1H3. The lowest BCUT2D eigenvalue weighted by Crippen LogP contribution is -1.98. The maximum atomic E-state index is 12.4. The van der Waals surface area contributed by atoms with Crippen LogP contribution >= 0.6 is 0 Å². The lowest BCUT2D eigenvalue weighted by atomic mass is 10.0. The maximum Gasteiger partial charge on any atom is 0.267 e. The second kappa shape index (κ2) is 4.16. The fraction of sp³-hybridized carbons (Fsp3) is 0.200. The number of alkyl halides is 2. The molecule has 1 aromatic carbocycles. The predicted molar refractivity (Wildman–Crippen MR) is 48.5 cm³/mol. The van der Waals surface area contributed by atoms with Crippen molar-refractivity contribution in [1.29, 1.82) is 0 Å². The predicted octanol–water partition coefficient (Wildman–Crippen LogP) is 2.34. The summed E-state index contributed by atoms with van der Waals surface area (Å²) >= 11 is 0. The number of aromatic hydroxyl groups is 1. The molecule has 1 N–H and O–H groups in total. The molecule has 80 valence electrons. The fourth-order valence-corrected chi connectivity index (χ4v) is 1.14. The minimum absolute atomic E-state index is 0.0230. The molecule has 0 atom stereocenters. The van der Waals surface area contributed by atoms with Crippen LogP contribution in [0.3, 0.4) is 0 Å². The van der Waals surface area contributed by atoms with E-state index in [1.807, 2.05) is 0 Å². The average Bonchev–Trinajstić information content (AvgIpc) is 2.17. The summed E-state index contributed by atoms with van der Waals surface area (Å²) in [5.41, 5.74) is -1.03. The first kappa shape index (κ1) is 11.3. The maximum absolute atomic E-state index is 12.4. The van der Waals surface area contributed by atoms with Gasteiger partial charge in [-0.15, -0.1) is 0 Å². The first-order chi connectivity index (χ1) is 6.97. The van der Waals surface area contributed by atoms with E-state index >= 15 is 0 Å². The molecule has 0 spiro atoms. The number of ketones is 1. The van der Waals surface area contributed by atoms with Gasteiger partial charge in [-0.1, -0.05) is 0 Å². The molecule has 0 saturated carbocycles. The van der Waals surface area contributed by atoms with Crippen molar-refractivity contribution in [3.63, 3.8) is 0 Å².